The Morgan fingerprint density at radius 1 is 1.07 bits per heavy atom. The van der Waals surface area contributed by atoms with Gasteiger partial charge in [-0.3, -0.25) is 24.5 Å². The predicted molar refractivity (Wildman–Crippen MR) is 160 cm³/mol. The van der Waals surface area contributed by atoms with E-state index in [9.17, 15) is 38.9 Å². The fourth-order valence-corrected chi connectivity index (χ4v) is 9.02. The summed E-state index contributed by atoms with van der Waals surface area (Å²) in [4.78, 5) is 88.7. The molecule has 16 nitrogen and oxygen atoms in total. The lowest BCUT2D eigenvalue weighted by Gasteiger charge is -2.50. The summed E-state index contributed by atoms with van der Waals surface area (Å²) in [6, 6.07) is 2.55. The van der Waals surface area contributed by atoms with Crippen molar-refractivity contribution in [3.63, 3.8) is 0 Å². The van der Waals surface area contributed by atoms with Crippen molar-refractivity contribution < 1.29 is 52.6 Å². The van der Waals surface area contributed by atoms with Gasteiger partial charge in [-0.15, -0.1) is 23.5 Å². The van der Waals surface area contributed by atoms with Gasteiger partial charge in [-0.25, -0.2) is 14.4 Å². The number of ether oxygens (including phenoxy) is 4. The van der Waals surface area contributed by atoms with Crippen LogP contribution < -0.4 is 5.32 Å². The van der Waals surface area contributed by atoms with Crippen LogP contribution in [0.3, 0.4) is 0 Å². The molecule has 1 N–H and O–H groups in total. The van der Waals surface area contributed by atoms with Crippen LogP contribution in [0.4, 0.5) is 10.5 Å². The van der Waals surface area contributed by atoms with E-state index < -0.39 is 74.8 Å². The number of rotatable bonds is 10. The van der Waals surface area contributed by atoms with E-state index in [1.165, 1.54) is 71.4 Å². The second kappa shape index (κ2) is 12.3. The Morgan fingerprint density at radius 3 is 2.35 bits per heavy atom. The van der Waals surface area contributed by atoms with E-state index in [0.717, 1.165) is 0 Å². The number of alkyl carbamates (subject to hydrolysis) is 1. The molecule has 0 aliphatic carbocycles. The smallest absolute Gasteiger partial charge is 0.408 e. The monoisotopic (exact) mass is 680 g/mol. The Morgan fingerprint density at radius 2 is 1.72 bits per heavy atom. The standard InChI is InChI=1S/C28H32N4O12S2/c1-13(33)42-12-28(5)24(37)30-17(11-45-25(28)30)22(35)43-14(2)44-23(36)19-27(3,4)46-21-18(20(34)31(19)21)29-26(38)41-10-15-6-8-16(9-7-15)32(39)40/h6-9,14,17-19,21,25H,10-12H2,1-5H3,(H,29,38)/t14?,17-,18-,19+,21-,25+,28-/m1/s1. The van der Waals surface area contributed by atoms with E-state index in [1.54, 1.807) is 20.8 Å². The van der Waals surface area contributed by atoms with Gasteiger partial charge in [0, 0.05) is 36.5 Å². The molecule has 4 heterocycles. The molecule has 4 saturated heterocycles. The Hall–Kier alpha value is -4.06. The molecule has 1 aromatic rings. The summed E-state index contributed by atoms with van der Waals surface area (Å²) < 4.78 is 20.2. The number of nitro benzene ring substituents is 1. The highest BCUT2D eigenvalue weighted by atomic mass is 32.2. The third-order valence-electron chi connectivity index (χ3n) is 8.13. The van der Waals surface area contributed by atoms with Crippen LogP contribution in [0.1, 0.15) is 40.2 Å². The number of hydrogen-bond donors (Lipinski definition) is 1. The van der Waals surface area contributed by atoms with Crippen molar-refractivity contribution in [1.29, 1.82) is 0 Å². The molecule has 4 aliphatic rings. The number of nitro groups is 1. The lowest BCUT2D eigenvalue weighted by molar-refractivity contribution is -0.384. The van der Waals surface area contributed by atoms with Gasteiger partial charge < -0.3 is 34.1 Å². The van der Waals surface area contributed by atoms with Crippen LogP contribution in [-0.2, 0) is 49.5 Å². The minimum atomic E-state index is -1.33. The van der Waals surface area contributed by atoms with Gasteiger partial charge in [-0.2, -0.15) is 0 Å². The van der Waals surface area contributed by atoms with Gasteiger partial charge in [0.05, 0.1) is 10.3 Å². The number of hydrogen-bond acceptors (Lipinski definition) is 14. The van der Waals surface area contributed by atoms with Gasteiger partial charge >= 0.3 is 24.0 Å². The normalized spacial score (nSPS) is 29.4. The molecule has 46 heavy (non-hydrogen) atoms. The molecule has 5 rings (SSSR count). The largest absolute Gasteiger partial charge is 0.465 e. The number of benzene rings is 1. The number of nitrogens with one attached hydrogen (secondary N) is 1. The number of β-lactam (4-membered cyclic amide) rings is 2. The van der Waals surface area contributed by atoms with Crippen molar-refractivity contribution in [1.82, 2.24) is 15.1 Å². The average molecular weight is 681 g/mol. The van der Waals surface area contributed by atoms with Crippen molar-refractivity contribution in [3.05, 3.63) is 39.9 Å². The molecule has 0 radical (unpaired) electrons. The number of amides is 3. The molecule has 0 bridgehead atoms. The van der Waals surface area contributed by atoms with Crippen LogP contribution in [0.2, 0.25) is 0 Å². The molecule has 0 spiro atoms. The summed E-state index contributed by atoms with van der Waals surface area (Å²) in [5.41, 5.74) is -0.547. The molecule has 248 valence electrons. The first-order chi connectivity index (χ1) is 21.5. The first kappa shape index (κ1) is 33.3. The molecule has 1 aromatic carbocycles. The maximum Gasteiger partial charge on any atom is 0.408 e. The molecule has 0 saturated carbocycles. The first-order valence-electron chi connectivity index (χ1n) is 14.2. The number of thioether (sulfide) groups is 2. The molecule has 7 atom stereocenters. The Balaban J connectivity index is 1.11. The Bertz CT molecular complexity index is 1490. The predicted octanol–water partition coefficient (Wildman–Crippen LogP) is 1.54. The number of carbonyl (C=O) groups is 6. The molecule has 1 unspecified atom stereocenters. The summed E-state index contributed by atoms with van der Waals surface area (Å²) in [6.45, 7) is 7.48. The molecule has 18 heteroatoms. The van der Waals surface area contributed by atoms with Gasteiger partial charge in [0.1, 0.15) is 42.1 Å². The molecular formula is C28H32N4O12S2. The Kier molecular flexibility index (Phi) is 8.89. The molecule has 4 aliphatic heterocycles. The average Bonchev–Trinajstić information content (AvgIpc) is 3.53. The highest BCUT2D eigenvalue weighted by molar-refractivity contribution is 8.01. The van der Waals surface area contributed by atoms with E-state index in [-0.39, 0.29) is 35.9 Å². The highest BCUT2D eigenvalue weighted by Crippen LogP contribution is 2.52. The van der Waals surface area contributed by atoms with Crippen LogP contribution in [0.15, 0.2) is 24.3 Å². The highest BCUT2D eigenvalue weighted by Gasteiger charge is 2.66. The number of non-ortho nitro benzene ring substituents is 1. The van der Waals surface area contributed by atoms with E-state index in [4.69, 9.17) is 18.9 Å². The lowest BCUT2D eigenvalue weighted by Crippen LogP contribution is -2.70. The maximum absolute atomic E-state index is 13.3. The van der Waals surface area contributed by atoms with E-state index in [2.05, 4.69) is 5.32 Å². The number of carbonyl (C=O) groups excluding carboxylic acids is 6. The maximum atomic E-state index is 13.3. The second-order valence-corrected chi connectivity index (χ2v) is 14.8. The van der Waals surface area contributed by atoms with Crippen LogP contribution in [0.5, 0.6) is 0 Å². The first-order valence-corrected chi connectivity index (χ1v) is 16.1. The van der Waals surface area contributed by atoms with Crippen molar-refractivity contribution in [2.24, 2.45) is 5.41 Å². The van der Waals surface area contributed by atoms with Gasteiger partial charge in [-0.05, 0) is 38.5 Å². The zero-order chi connectivity index (χ0) is 33.7. The number of esters is 3. The fraction of sp³-hybridized carbons (Fsp3) is 0.571. The molecule has 4 fully saturated rings. The quantitative estimate of drug-likeness (QED) is 0.0931. The molecular weight excluding hydrogens is 648 g/mol. The van der Waals surface area contributed by atoms with Gasteiger partial charge in [-0.1, -0.05) is 0 Å². The van der Waals surface area contributed by atoms with Gasteiger partial charge in [0.15, 0.2) is 0 Å². The zero-order valence-electron chi connectivity index (χ0n) is 25.5. The summed E-state index contributed by atoms with van der Waals surface area (Å²) in [5.74, 6) is -2.69. The lowest BCUT2D eigenvalue weighted by atomic mass is 9.80. The summed E-state index contributed by atoms with van der Waals surface area (Å²) in [5, 5.41) is 12.3. The Labute approximate surface area is 271 Å². The van der Waals surface area contributed by atoms with Crippen molar-refractivity contribution >= 4 is 65.0 Å². The van der Waals surface area contributed by atoms with E-state index >= 15 is 0 Å². The van der Waals surface area contributed by atoms with Crippen LogP contribution in [0, 0.1) is 15.5 Å². The minimum absolute atomic E-state index is 0.101. The minimum Gasteiger partial charge on any atom is -0.465 e. The van der Waals surface area contributed by atoms with E-state index in [0.29, 0.717) is 5.56 Å². The van der Waals surface area contributed by atoms with Crippen molar-refractivity contribution in [2.45, 2.75) is 81.1 Å². The van der Waals surface area contributed by atoms with Crippen LogP contribution in [-0.4, -0.2) is 103 Å². The fourth-order valence-electron chi connectivity index (χ4n) is 5.80. The summed E-state index contributed by atoms with van der Waals surface area (Å²) >= 11 is 2.65. The zero-order valence-corrected chi connectivity index (χ0v) is 27.1. The van der Waals surface area contributed by atoms with Crippen molar-refractivity contribution in [2.75, 3.05) is 12.4 Å². The third kappa shape index (κ3) is 5.94. The van der Waals surface area contributed by atoms with Gasteiger partial charge in [0.2, 0.25) is 18.1 Å². The SMILES string of the molecule is CC(=O)OC[C@]1(C)C(=O)N2[C@@H](C(=O)OC(C)OC(=O)[C@@H]3N4C(=O)[C@@H](NC(=O)OCc5ccc([N+](=O)[O-])cc5)[C@H]4SC3(C)C)CS[C@H]21. The topological polar surface area (TPSA) is 201 Å². The second-order valence-electron chi connectivity index (χ2n) is 11.9. The third-order valence-corrected chi connectivity index (χ3v) is 11.3. The van der Waals surface area contributed by atoms with Crippen LogP contribution in [0.25, 0.3) is 0 Å². The van der Waals surface area contributed by atoms with E-state index in [1.807, 2.05) is 0 Å². The van der Waals surface area contributed by atoms with Crippen molar-refractivity contribution in [3.8, 4) is 0 Å². The van der Waals surface area contributed by atoms with Crippen LogP contribution >= 0.6 is 23.5 Å². The molecule has 0 aromatic heterocycles. The number of fused-ring (bicyclic) bond motifs is 2. The number of nitrogens with zero attached hydrogens (tertiary/aromatic N) is 3. The van der Waals surface area contributed by atoms with Gasteiger partial charge in [0.25, 0.3) is 5.69 Å². The summed E-state index contributed by atoms with van der Waals surface area (Å²) in [6.07, 6.45) is -2.20. The molecule has 3 amide bonds. The summed E-state index contributed by atoms with van der Waals surface area (Å²) in [7, 11) is 0.